The van der Waals surface area contributed by atoms with Crippen LogP contribution in [0.25, 0.3) is 11.8 Å². The Morgan fingerprint density at radius 1 is 1.12 bits per heavy atom. The number of ether oxygens (including phenoxy) is 2. The van der Waals surface area contributed by atoms with Gasteiger partial charge in [-0.1, -0.05) is 38.1 Å². The van der Waals surface area contributed by atoms with E-state index in [2.05, 4.69) is 19.2 Å². The highest BCUT2D eigenvalue weighted by Gasteiger charge is 2.17. The number of aromatic nitrogens is 2. The Bertz CT molecular complexity index is 1170. The van der Waals surface area contributed by atoms with Gasteiger partial charge in [-0.3, -0.25) is 14.3 Å². The summed E-state index contributed by atoms with van der Waals surface area (Å²) < 4.78 is 14.4. The van der Waals surface area contributed by atoms with Crippen molar-refractivity contribution in [1.29, 1.82) is 0 Å². The van der Waals surface area contributed by atoms with Crippen molar-refractivity contribution < 1.29 is 14.3 Å². The smallest absolute Gasteiger partial charge is 0.295 e. The minimum atomic E-state index is -0.393. The molecule has 7 heteroatoms. The molecule has 0 bridgehead atoms. The number of carbonyl (C=O) groups is 1. The Morgan fingerprint density at radius 2 is 1.84 bits per heavy atom. The number of amides is 1. The van der Waals surface area contributed by atoms with Gasteiger partial charge in [-0.2, -0.15) is 0 Å². The summed E-state index contributed by atoms with van der Waals surface area (Å²) in [5.74, 6) is 1.26. The summed E-state index contributed by atoms with van der Waals surface area (Å²) in [5, 5.41) is 2.72. The lowest BCUT2D eigenvalue weighted by Crippen LogP contribution is -2.22. The first-order valence-corrected chi connectivity index (χ1v) is 10.5. The third-order valence-electron chi connectivity index (χ3n) is 4.99. The Labute approximate surface area is 187 Å². The van der Waals surface area contributed by atoms with Gasteiger partial charge < -0.3 is 14.8 Å². The Hall–Kier alpha value is -3.74. The van der Waals surface area contributed by atoms with Crippen LogP contribution in [-0.2, 0) is 11.8 Å². The molecule has 168 valence electrons. The lowest BCUT2D eigenvalue weighted by atomic mass is 10.2. The molecular weight excluding hydrogens is 406 g/mol. The number of methoxy groups -OCH3 is 1. The molecule has 32 heavy (non-hydrogen) atoms. The summed E-state index contributed by atoms with van der Waals surface area (Å²) in [6, 6.07) is 14.8. The van der Waals surface area contributed by atoms with Crippen molar-refractivity contribution >= 4 is 17.7 Å². The third kappa shape index (κ3) is 5.11. The number of para-hydroxylation sites is 1. The molecule has 3 aromatic rings. The number of nitrogens with zero attached hydrogens (tertiary/aromatic N) is 2. The van der Waals surface area contributed by atoms with Crippen molar-refractivity contribution in [3.63, 3.8) is 0 Å². The highest BCUT2D eigenvalue weighted by atomic mass is 16.5. The van der Waals surface area contributed by atoms with Crippen molar-refractivity contribution in [2.75, 3.05) is 19.0 Å². The fourth-order valence-corrected chi connectivity index (χ4v) is 3.21. The van der Waals surface area contributed by atoms with Gasteiger partial charge in [0.1, 0.15) is 5.69 Å². The summed E-state index contributed by atoms with van der Waals surface area (Å²) in [6.45, 7) is 6.53. The van der Waals surface area contributed by atoms with E-state index in [1.165, 1.54) is 10.8 Å². The minimum absolute atomic E-state index is 0.251. The zero-order valence-electron chi connectivity index (χ0n) is 19.1. The van der Waals surface area contributed by atoms with Crippen molar-refractivity contribution in [3.05, 3.63) is 76.2 Å². The first-order valence-electron chi connectivity index (χ1n) is 10.5. The van der Waals surface area contributed by atoms with Crippen molar-refractivity contribution in [1.82, 2.24) is 9.36 Å². The van der Waals surface area contributed by atoms with Gasteiger partial charge in [-0.05, 0) is 48.7 Å². The van der Waals surface area contributed by atoms with Gasteiger partial charge in [0.05, 0.1) is 25.1 Å². The van der Waals surface area contributed by atoms with E-state index in [4.69, 9.17) is 9.47 Å². The average Bonchev–Trinajstić information content (AvgIpc) is 3.00. The minimum Gasteiger partial charge on any atom is -0.493 e. The Morgan fingerprint density at radius 3 is 2.50 bits per heavy atom. The van der Waals surface area contributed by atoms with Crippen LogP contribution in [0.1, 0.15) is 25.1 Å². The predicted octanol–water partition coefficient (Wildman–Crippen LogP) is 4.18. The van der Waals surface area contributed by atoms with E-state index in [-0.39, 0.29) is 11.2 Å². The first-order chi connectivity index (χ1) is 15.3. The molecule has 7 nitrogen and oxygen atoms in total. The van der Waals surface area contributed by atoms with Crippen molar-refractivity contribution in [2.24, 2.45) is 13.0 Å². The Kier molecular flexibility index (Phi) is 7.20. The SMILES string of the molecule is COc1cc(/C=C/C(=O)Nc2c(C)n(C)n(-c3ccccc3)c2=O)ccc1OCC(C)C. The largest absolute Gasteiger partial charge is 0.493 e. The summed E-state index contributed by atoms with van der Waals surface area (Å²) in [6.07, 6.45) is 3.06. The molecule has 0 aliphatic heterocycles. The normalized spacial score (nSPS) is 11.2. The van der Waals surface area contributed by atoms with Crippen molar-refractivity contribution in [3.8, 4) is 17.2 Å². The molecule has 0 saturated carbocycles. The number of rotatable bonds is 8. The number of hydrogen-bond donors (Lipinski definition) is 1. The summed E-state index contributed by atoms with van der Waals surface area (Å²) in [7, 11) is 3.36. The van der Waals surface area contributed by atoms with Crippen molar-refractivity contribution in [2.45, 2.75) is 20.8 Å². The van der Waals surface area contributed by atoms with Crippen LogP contribution in [0.4, 0.5) is 5.69 Å². The number of nitrogens with one attached hydrogen (secondary N) is 1. The quantitative estimate of drug-likeness (QED) is 0.539. The second-order valence-electron chi connectivity index (χ2n) is 7.87. The lowest BCUT2D eigenvalue weighted by Gasteiger charge is -2.12. The predicted molar refractivity (Wildman–Crippen MR) is 127 cm³/mol. The zero-order chi connectivity index (χ0) is 23.3. The first kappa shape index (κ1) is 22.9. The number of benzene rings is 2. The maximum absolute atomic E-state index is 12.9. The molecule has 0 fully saturated rings. The molecule has 3 rings (SSSR count). The van der Waals surface area contributed by atoms with Crippen LogP contribution in [0.15, 0.2) is 59.4 Å². The second kappa shape index (κ2) is 10.0. The maximum Gasteiger partial charge on any atom is 0.295 e. The lowest BCUT2D eigenvalue weighted by molar-refractivity contribution is -0.111. The van der Waals surface area contributed by atoms with Gasteiger partial charge in [0.25, 0.3) is 5.56 Å². The van der Waals surface area contributed by atoms with Crippen LogP contribution >= 0.6 is 0 Å². The van der Waals surface area contributed by atoms with Crippen LogP contribution in [0.3, 0.4) is 0 Å². The molecule has 1 heterocycles. The standard InChI is InChI=1S/C25H29N3O4/c1-17(2)16-32-21-13-11-19(15-22(21)31-5)12-14-23(29)26-24-18(3)27(4)28(25(24)30)20-9-7-6-8-10-20/h6-15,17H,16H2,1-5H3,(H,26,29)/b14-12+. The van der Waals surface area contributed by atoms with Gasteiger partial charge in [0.15, 0.2) is 11.5 Å². The number of hydrogen-bond acceptors (Lipinski definition) is 4. The van der Waals surface area contributed by atoms with E-state index in [1.54, 1.807) is 37.9 Å². The maximum atomic E-state index is 12.9. The van der Waals surface area contributed by atoms with E-state index < -0.39 is 5.91 Å². The van der Waals surface area contributed by atoms with E-state index in [9.17, 15) is 9.59 Å². The van der Waals surface area contributed by atoms with Gasteiger partial charge in [0.2, 0.25) is 5.91 Å². The van der Waals surface area contributed by atoms with Crippen LogP contribution in [-0.4, -0.2) is 29.0 Å². The zero-order valence-corrected chi connectivity index (χ0v) is 19.1. The topological polar surface area (TPSA) is 74.5 Å². The molecular formula is C25H29N3O4. The fourth-order valence-electron chi connectivity index (χ4n) is 3.21. The van der Waals surface area contributed by atoms with Crippen LogP contribution < -0.4 is 20.3 Å². The Balaban J connectivity index is 1.77. The molecule has 0 saturated heterocycles. The molecule has 1 N–H and O–H groups in total. The number of carbonyl (C=O) groups excluding carboxylic acids is 1. The highest BCUT2D eigenvalue weighted by molar-refractivity contribution is 6.02. The number of anilines is 1. The van der Waals surface area contributed by atoms with Gasteiger partial charge in [0, 0.05) is 13.1 Å². The highest BCUT2D eigenvalue weighted by Crippen LogP contribution is 2.29. The molecule has 0 radical (unpaired) electrons. The molecule has 0 aliphatic rings. The molecule has 1 amide bonds. The molecule has 0 spiro atoms. The molecule has 2 aromatic carbocycles. The van der Waals surface area contributed by atoms with Gasteiger partial charge >= 0.3 is 0 Å². The van der Waals surface area contributed by atoms with Crippen LogP contribution in [0.5, 0.6) is 11.5 Å². The van der Waals surface area contributed by atoms with Gasteiger partial charge in [-0.25, -0.2) is 4.68 Å². The van der Waals surface area contributed by atoms with E-state index in [0.29, 0.717) is 29.7 Å². The van der Waals surface area contributed by atoms with Crippen LogP contribution in [0, 0.1) is 12.8 Å². The summed E-state index contributed by atoms with van der Waals surface area (Å²) >= 11 is 0. The summed E-state index contributed by atoms with van der Waals surface area (Å²) in [5.41, 5.74) is 2.13. The molecule has 0 aliphatic carbocycles. The fraction of sp³-hybridized carbons (Fsp3) is 0.280. The van der Waals surface area contributed by atoms with Crippen LogP contribution in [0.2, 0.25) is 0 Å². The third-order valence-corrected chi connectivity index (χ3v) is 4.99. The van der Waals surface area contributed by atoms with E-state index >= 15 is 0 Å². The van der Waals surface area contributed by atoms with Gasteiger partial charge in [-0.15, -0.1) is 0 Å². The average molecular weight is 436 g/mol. The molecule has 0 atom stereocenters. The molecule has 0 unspecified atom stereocenters. The molecule has 1 aromatic heterocycles. The summed E-state index contributed by atoms with van der Waals surface area (Å²) in [4.78, 5) is 25.5. The monoisotopic (exact) mass is 435 g/mol. The second-order valence-corrected chi connectivity index (χ2v) is 7.87. The van der Waals surface area contributed by atoms with E-state index in [0.717, 1.165) is 11.3 Å². The van der Waals surface area contributed by atoms with E-state index in [1.807, 2.05) is 42.5 Å².